The van der Waals surface area contributed by atoms with Gasteiger partial charge in [0, 0.05) is 6.42 Å². The molecule has 0 aliphatic rings. The maximum Gasteiger partial charge on any atom is 0.408 e. The highest BCUT2D eigenvalue weighted by Crippen LogP contribution is 2.13. The molecule has 0 aliphatic heterocycles. The molecule has 21 heteroatoms. The minimum absolute atomic E-state index is 0.0777. The van der Waals surface area contributed by atoms with E-state index in [2.05, 4.69) is 31.9 Å². The van der Waals surface area contributed by atoms with Gasteiger partial charge in [-0.3, -0.25) is 33.6 Å². The zero-order chi connectivity index (χ0) is 42.0. The molecular formula is C34H51N7O14. The molecule has 1 aromatic rings. The molecule has 0 heterocycles. The normalized spacial score (nSPS) is 14.2. The fourth-order valence-corrected chi connectivity index (χ4v) is 4.50. The second kappa shape index (κ2) is 22.3. The first-order valence-corrected chi connectivity index (χ1v) is 17.1. The van der Waals surface area contributed by atoms with Crippen molar-refractivity contribution in [3.05, 3.63) is 29.8 Å². The van der Waals surface area contributed by atoms with Crippen LogP contribution in [0.15, 0.2) is 24.3 Å². The molecule has 1 rings (SSSR count). The zero-order valence-electron chi connectivity index (χ0n) is 31.4. The molecule has 0 saturated heterocycles. The Balaban J connectivity index is 2.94. The number of ether oxygens (including phenoxy) is 1. The Bertz CT molecular complexity index is 1550. The first-order valence-electron chi connectivity index (χ1n) is 17.1. The summed E-state index contributed by atoms with van der Waals surface area (Å²) >= 11 is 0. The molecule has 21 nitrogen and oxygen atoms in total. The molecule has 6 atom stereocenters. The summed E-state index contributed by atoms with van der Waals surface area (Å²) in [4.78, 5) is 111. The lowest BCUT2D eigenvalue weighted by atomic mass is 9.98. The van der Waals surface area contributed by atoms with Crippen LogP contribution in [-0.4, -0.2) is 129 Å². The number of carbonyl (C=O) groups excluding carboxylic acids is 7. The third-order valence-corrected chi connectivity index (χ3v) is 7.63. The molecule has 7 amide bonds. The number of rotatable bonds is 21. The molecule has 0 saturated carbocycles. The van der Waals surface area contributed by atoms with E-state index in [-0.39, 0.29) is 12.2 Å². The molecule has 0 bridgehead atoms. The number of hydrogen-bond acceptors (Lipinski definition) is 12. The highest BCUT2D eigenvalue weighted by atomic mass is 16.6. The molecule has 306 valence electrons. The number of aliphatic hydroxyl groups excluding tert-OH is 1. The van der Waals surface area contributed by atoms with E-state index in [1.807, 2.05) is 5.32 Å². The van der Waals surface area contributed by atoms with Crippen LogP contribution < -0.4 is 37.2 Å². The number of aliphatic carboxylic acids is 2. The second-order valence-corrected chi connectivity index (χ2v) is 13.5. The summed E-state index contributed by atoms with van der Waals surface area (Å²) in [5, 5.41) is 53.5. The highest BCUT2D eigenvalue weighted by molar-refractivity contribution is 5.96. The molecule has 1 aromatic carbocycles. The van der Waals surface area contributed by atoms with Crippen molar-refractivity contribution >= 4 is 53.5 Å². The first kappa shape index (κ1) is 47.0. The largest absolute Gasteiger partial charge is 0.508 e. The number of phenols is 1. The Morgan fingerprint density at radius 1 is 0.709 bits per heavy atom. The van der Waals surface area contributed by atoms with Crippen LogP contribution in [0.1, 0.15) is 59.9 Å². The Labute approximate surface area is 316 Å². The van der Waals surface area contributed by atoms with Crippen molar-refractivity contribution in [2.24, 2.45) is 5.92 Å². The third-order valence-electron chi connectivity index (χ3n) is 7.63. The SMILES string of the molecule is CC[C@H](C)[C@H](NC(=O)OC(C)(C)C)C(=O)N[C@@H](CO)C(=O)N[C@@H](Cc1ccc(O)cc1)C(=O)NCC(=O)NCC(=O)N[C@@H](C)C(=O)N[C@@H](CC(=O)O)C(=O)O. The third kappa shape index (κ3) is 18.1. The standard InChI is InChI=1S/C34H51N7O14/c1-7-17(2)27(41-33(54)55-34(4,5)6)31(51)40-23(16-42)30(50)38-21(12-19-8-10-20(43)11-9-19)29(49)36-14-24(44)35-15-25(45)37-18(3)28(48)39-22(32(52)53)13-26(46)47/h8-11,17-18,21-23,27,42-43H,7,12-16H2,1-6H3,(H,35,44)(H,36,49)(H,37,45)(H,38,50)(H,39,48)(H,40,51)(H,41,54)(H,46,47)(H,52,53)/t17-,18-,21-,22-,23-,27-/m0/s1. The number of phenolic OH excluding ortho intramolecular Hbond substituents is 1. The van der Waals surface area contributed by atoms with Gasteiger partial charge in [-0.1, -0.05) is 32.4 Å². The molecule has 0 radical (unpaired) electrons. The molecule has 0 spiro atoms. The Morgan fingerprint density at radius 3 is 1.80 bits per heavy atom. The van der Waals surface area contributed by atoms with Gasteiger partial charge in [0.05, 0.1) is 26.1 Å². The molecule has 0 aromatic heterocycles. The van der Waals surface area contributed by atoms with Gasteiger partial charge in [-0.2, -0.15) is 0 Å². The maximum atomic E-state index is 13.3. The summed E-state index contributed by atoms with van der Waals surface area (Å²) in [5.74, 6) is -9.06. The molecule has 0 unspecified atom stereocenters. The smallest absolute Gasteiger partial charge is 0.408 e. The Hall–Kier alpha value is -5.99. The molecule has 11 N–H and O–H groups in total. The summed E-state index contributed by atoms with van der Waals surface area (Å²) in [6.07, 6.45) is -1.52. The summed E-state index contributed by atoms with van der Waals surface area (Å²) < 4.78 is 5.24. The zero-order valence-corrected chi connectivity index (χ0v) is 31.4. The molecular weight excluding hydrogens is 730 g/mol. The van der Waals surface area contributed by atoms with Crippen molar-refractivity contribution in [2.45, 2.75) is 96.6 Å². The summed E-state index contributed by atoms with van der Waals surface area (Å²) in [6, 6.07) is -1.63. The van der Waals surface area contributed by atoms with Gasteiger partial charge in [0.25, 0.3) is 0 Å². The van der Waals surface area contributed by atoms with E-state index in [9.17, 15) is 53.4 Å². The van der Waals surface area contributed by atoms with E-state index in [4.69, 9.17) is 14.9 Å². The Kier molecular flexibility index (Phi) is 19.1. The second-order valence-electron chi connectivity index (χ2n) is 13.5. The van der Waals surface area contributed by atoms with E-state index in [0.717, 1.165) is 0 Å². The lowest BCUT2D eigenvalue weighted by Crippen LogP contribution is -2.59. The van der Waals surface area contributed by atoms with Crippen LogP contribution in [0, 0.1) is 5.92 Å². The summed E-state index contributed by atoms with van der Waals surface area (Å²) in [6.45, 7) is 7.26. The van der Waals surface area contributed by atoms with Crippen LogP contribution in [-0.2, 0) is 49.5 Å². The van der Waals surface area contributed by atoms with E-state index < -0.39 is 121 Å². The molecule has 55 heavy (non-hydrogen) atoms. The predicted octanol–water partition coefficient (Wildman–Crippen LogP) is -2.38. The average Bonchev–Trinajstić information content (AvgIpc) is 3.09. The van der Waals surface area contributed by atoms with Gasteiger partial charge in [0.1, 0.15) is 41.6 Å². The van der Waals surface area contributed by atoms with Gasteiger partial charge < -0.3 is 62.4 Å². The number of alkyl carbamates (subject to hydrolysis) is 1. The number of carboxylic acids is 2. The van der Waals surface area contributed by atoms with Crippen LogP contribution in [0.25, 0.3) is 0 Å². The van der Waals surface area contributed by atoms with Crippen molar-refractivity contribution in [1.82, 2.24) is 37.2 Å². The van der Waals surface area contributed by atoms with Crippen LogP contribution in [0.2, 0.25) is 0 Å². The molecule has 0 aliphatic carbocycles. The number of nitrogens with one attached hydrogen (secondary N) is 7. The average molecular weight is 782 g/mol. The van der Waals surface area contributed by atoms with Crippen molar-refractivity contribution < 1.29 is 68.3 Å². The van der Waals surface area contributed by atoms with Crippen molar-refractivity contribution in [3.63, 3.8) is 0 Å². The number of carboxylic acid groups (broad SMARTS) is 2. The van der Waals surface area contributed by atoms with Crippen LogP contribution in [0.3, 0.4) is 0 Å². The maximum absolute atomic E-state index is 13.3. The van der Waals surface area contributed by atoms with Gasteiger partial charge in [0.2, 0.25) is 35.4 Å². The minimum atomic E-state index is -1.75. The minimum Gasteiger partial charge on any atom is -0.508 e. The number of hydrogen-bond donors (Lipinski definition) is 11. The van der Waals surface area contributed by atoms with Crippen LogP contribution in [0.4, 0.5) is 4.79 Å². The summed E-state index contributed by atoms with van der Waals surface area (Å²) in [7, 11) is 0. The van der Waals surface area contributed by atoms with Crippen LogP contribution >= 0.6 is 0 Å². The summed E-state index contributed by atoms with van der Waals surface area (Å²) in [5.41, 5.74) is -0.407. The van der Waals surface area contributed by atoms with E-state index in [1.165, 1.54) is 31.2 Å². The fourth-order valence-electron chi connectivity index (χ4n) is 4.50. The monoisotopic (exact) mass is 781 g/mol. The van der Waals surface area contributed by atoms with E-state index in [1.54, 1.807) is 34.6 Å². The number of amides is 7. The number of aromatic hydroxyl groups is 1. The Morgan fingerprint density at radius 2 is 1.27 bits per heavy atom. The van der Waals surface area contributed by atoms with E-state index >= 15 is 0 Å². The van der Waals surface area contributed by atoms with Crippen molar-refractivity contribution in [1.29, 1.82) is 0 Å². The van der Waals surface area contributed by atoms with Gasteiger partial charge in [0.15, 0.2) is 0 Å². The fraction of sp³-hybridized carbons (Fsp3) is 0.559. The highest BCUT2D eigenvalue weighted by Gasteiger charge is 2.33. The number of aliphatic hydroxyl groups is 1. The van der Waals surface area contributed by atoms with Gasteiger partial charge in [-0.25, -0.2) is 9.59 Å². The molecule has 0 fully saturated rings. The number of carbonyl (C=O) groups is 9. The van der Waals surface area contributed by atoms with Gasteiger partial charge in [-0.15, -0.1) is 0 Å². The van der Waals surface area contributed by atoms with Crippen molar-refractivity contribution in [3.8, 4) is 5.75 Å². The number of benzene rings is 1. The quantitative estimate of drug-likeness (QED) is 0.0621. The topological polar surface area (TPSA) is 328 Å². The van der Waals surface area contributed by atoms with Gasteiger partial charge in [-0.05, 0) is 51.3 Å². The lowest BCUT2D eigenvalue weighted by Gasteiger charge is -2.28. The lowest BCUT2D eigenvalue weighted by molar-refractivity contribution is -0.147. The van der Waals surface area contributed by atoms with E-state index in [0.29, 0.717) is 12.0 Å². The van der Waals surface area contributed by atoms with Gasteiger partial charge >= 0.3 is 18.0 Å². The predicted molar refractivity (Wildman–Crippen MR) is 191 cm³/mol. The van der Waals surface area contributed by atoms with Crippen molar-refractivity contribution in [2.75, 3.05) is 19.7 Å². The van der Waals surface area contributed by atoms with Crippen LogP contribution in [0.5, 0.6) is 5.75 Å². The first-order chi connectivity index (χ1) is 25.6.